The molecule has 16 heavy (non-hydrogen) atoms. The molecule has 1 atom stereocenters. The SMILES string of the molecule is CCn1nc(C)cc1CC(=O)C1CCOC1. The van der Waals surface area contributed by atoms with Crippen molar-refractivity contribution in [1.82, 2.24) is 9.78 Å². The molecule has 1 aromatic rings. The van der Waals surface area contributed by atoms with Crippen LogP contribution in [0.2, 0.25) is 0 Å². The minimum Gasteiger partial charge on any atom is -0.381 e. The first-order valence-corrected chi connectivity index (χ1v) is 5.84. The fourth-order valence-electron chi connectivity index (χ4n) is 2.13. The van der Waals surface area contributed by atoms with Crippen LogP contribution < -0.4 is 0 Å². The summed E-state index contributed by atoms with van der Waals surface area (Å²) in [6.45, 7) is 6.14. The molecule has 0 aliphatic carbocycles. The van der Waals surface area contributed by atoms with Crippen molar-refractivity contribution in [1.29, 1.82) is 0 Å². The molecule has 1 aliphatic rings. The molecule has 0 spiro atoms. The maximum absolute atomic E-state index is 12.0. The minimum absolute atomic E-state index is 0.0977. The molecule has 0 radical (unpaired) electrons. The molecule has 1 aliphatic heterocycles. The number of hydrogen-bond acceptors (Lipinski definition) is 3. The van der Waals surface area contributed by atoms with Gasteiger partial charge in [0.1, 0.15) is 5.78 Å². The molecule has 88 valence electrons. The number of hydrogen-bond donors (Lipinski definition) is 0. The second kappa shape index (κ2) is 4.78. The van der Waals surface area contributed by atoms with Crippen LogP contribution in [0.5, 0.6) is 0 Å². The Morgan fingerprint density at radius 1 is 1.69 bits per heavy atom. The fraction of sp³-hybridized carbons (Fsp3) is 0.667. The third-order valence-electron chi connectivity index (χ3n) is 3.03. The van der Waals surface area contributed by atoms with E-state index in [-0.39, 0.29) is 11.7 Å². The van der Waals surface area contributed by atoms with Crippen LogP contribution in [-0.2, 0) is 22.5 Å². The highest BCUT2D eigenvalue weighted by Crippen LogP contribution is 2.16. The van der Waals surface area contributed by atoms with Crippen LogP contribution in [0.3, 0.4) is 0 Å². The molecule has 0 N–H and O–H groups in total. The number of aryl methyl sites for hydroxylation is 2. The Labute approximate surface area is 95.6 Å². The third kappa shape index (κ3) is 2.32. The summed E-state index contributed by atoms with van der Waals surface area (Å²) in [4.78, 5) is 12.0. The van der Waals surface area contributed by atoms with Gasteiger partial charge in [-0.1, -0.05) is 0 Å². The van der Waals surface area contributed by atoms with Gasteiger partial charge >= 0.3 is 0 Å². The number of Topliss-reactive ketones (excluding diaryl/α,β-unsaturated/α-hetero) is 1. The van der Waals surface area contributed by atoms with Crippen molar-refractivity contribution in [2.75, 3.05) is 13.2 Å². The molecule has 1 aromatic heterocycles. The lowest BCUT2D eigenvalue weighted by atomic mass is 9.99. The molecule has 0 bridgehead atoms. The predicted molar refractivity (Wildman–Crippen MR) is 60.3 cm³/mol. The van der Waals surface area contributed by atoms with Gasteiger partial charge in [-0.05, 0) is 26.3 Å². The summed E-state index contributed by atoms with van der Waals surface area (Å²) < 4.78 is 7.14. The fourth-order valence-corrected chi connectivity index (χ4v) is 2.13. The summed E-state index contributed by atoms with van der Waals surface area (Å²) in [5.41, 5.74) is 2.00. The zero-order valence-corrected chi connectivity index (χ0v) is 9.90. The molecule has 0 aromatic carbocycles. The average Bonchev–Trinajstić information content (AvgIpc) is 2.87. The Morgan fingerprint density at radius 3 is 3.12 bits per heavy atom. The van der Waals surface area contributed by atoms with Crippen molar-refractivity contribution in [3.63, 3.8) is 0 Å². The van der Waals surface area contributed by atoms with Crippen LogP contribution in [0.15, 0.2) is 6.07 Å². The van der Waals surface area contributed by atoms with E-state index in [2.05, 4.69) is 5.10 Å². The molecular weight excluding hydrogens is 204 g/mol. The second-order valence-electron chi connectivity index (χ2n) is 4.30. The maximum atomic E-state index is 12.0. The lowest BCUT2D eigenvalue weighted by Crippen LogP contribution is -2.18. The van der Waals surface area contributed by atoms with Crippen LogP contribution in [0.1, 0.15) is 24.7 Å². The molecule has 0 amide bonds. The molecule has 1 fully saturated rings. The smallest absolute Gasteiger partial charge is 0.144 e. The van der Waals surface area contributed by atoms with Gasteiger partial charge in [0, 0.05) is 31.2 Å². The summed E-state index contributed by atoms with van der Waals surface area (Å²) in [5.74, 6) is 0.382. The van der Waals surface area contributed by atoms with Gasteiger partial charge in [-0.2, -0.15) is 5.10 Å². The van der Waals surface area contributed by atoms with Crippen LogP contribution >= 0.6 is 0 Å². The highest BCUT2D eigenvalue weighted by molar-refractivity contribution is 5.83. The number of nitrogens with zero attached hydrogens (tertiary/aromatic N) is 2. The monoisotopic (exact) mass is 222 g/mol. The molecular formula is C12H18N2O2. The topological polar surface area (TPSA) is 44.1 Å². The summed E-state index contributed by atoms with van der Waals surface area (Å²) in [7, 11) is 0. The van der Waals surface area contributed by atoms with E-state index >= 15 is 0 Å². The van der Waals surface area contributed by atoms with E-state index in [1.54, 1.807) is 0 Å². The zero-order valence-electron chi connectivity index (χ0n) is 9.90. The average molecular weight is 222 g/mol. The van der Waals surface area contributed by atoms with E-state index in [9.17, 15) is 4.79 Å². The van der Waals surface area contributed by atoms with E-state index in [4.69, 9.17) is 4.74 Å². The lowest BCUT2D eigenvalue weighted by molar-refractivity contribution is -0.122. The summed E-state index contributed by atoms with van der Waals surface area (Å²) in [6.07, 6.45) is 1.36. The molecule has 0 saturated carbocycles. The van der Waals surface area contributed by atoms with Crippen molar-refractivity contribution in [3.05, 3.63) is 17.5 Å². The van der Waals surface area contributed by atoms with E-state index in [0.717, 1.165) is 31.0 Å². The van der Waals surface area contributed by atoms with Crippen molar-refractivity contribution >= 4 is 5.78 Å². The highest BCUT2D eigenvalue weighted by Gasteiger charge is 2.24. The molecule has 1 unspecified atom stereocenters. The first-order valence-electron chi connectivity index (χ1n) is 5.84. The molecule has 4 heteroatoms. The number of aromatic nitrogens is 2. The van der Waals surface area contributed by atoms with Gasteiger partial charge in [0.2, 0.25) is 0 Å². The van der Waals surface area contributed by atoms with Crippen molar-refractivity contribution in [2.24, 2.45) is 5.92 Å². The maximum Gasteiger partial charge on any atom is 0.144 e. The van der Waals surface area contributed by atoms with E-state index in [0.29, 0.717) is 13.0 Å². The zero-order chi connectivity index (χ0) is 11.5. The van der Waals surface area contributed by atoms with Crippen LogP contribution in [-0.4, -0.2) is 28.8 Å². The van der Waals surface area contributed by atoms with Gasteiger partial charge in [0.25, 0.3) is 0 Å². The summed E-state index contributed by atoms with van der Waals surface area (Å²) in [5, 5.41) is 4.34. The number of carbonyl (C=O) groups is 1. The van der Waals surface area contributed by atoms with E-state index < -0.39 is 0 Å². The van der Waals surface area contributed by atoms with Crippen molar-refractivity contribution in [2.45, 2.75) is 33.2 Å². The van der Waals surface area contributed by atoms with E-state index in [1.807, 2.05) is 24.6 Å². The number of carbonyl (C=O) groups excluding carboxylic acids is 1. The van der Waals surface area contributed by atoms with E-state index in [1.165, 1.54) is 0 Å². The molecule has 2 rings (SSSR count). The van der Waals surface area contributed by atoms with Gasteiger partial charge in [0.05, 0.1) is 12.3 Å². The predicted octanol–water partition coefficient (Wildman–Crippen LogP) is 1.36. The first-order chi connectivity index (χ1) is 7.70. The Morgan fingerprint density at radius 2 is 2.50 bits per heavy atom. The second-order valence-corrected chi connectivity index (χ2v) is 4.30. The Hall–Kier alpha value is -1.16. The minimum atomic E-state index is 0.0977. The molecule has 1 saturated heterocycles. The number of rotatable bonds is 4. The summed E-state index contributed by atoms with van der Waals surface area (Å²) in [6, 6.07) is 2.00. The van der Waals surface area contributed by atoms with Gasteiger partial charge in [-0.15, -0.1) is 0 Å². The molecule has 2 heterocycles. The summed E-state index contributed by atoms with van der Waals surface area (Å²) >= 11 is 0. The van der Waals surface area contributed by atoms with Gasteiger partial charge < -0.3 is 4.74 Å². The van der Waals surface area contributed by atoms with Gasteiger partial charge in [-0.3, -0.25) is 9.48 Å². The van der Waals surface area contributed by atoms with Crippen LogP contribution in [0.25, 0.3) is 0 Å². The van der Waals surface area contributed by atoms with Gasteiger partial charge in [-0.25, -0.2) is 0 Å². The highest BCUT2D eigenvalue weighted by atomic mass is 16.5. The van der Waals surface area contributed by atoms with Crippen molar-refractivity contribution < 1.29 is 9.53 Å². The Kier molecular flexibility index (Phi) is 3.39. The number of ether oxygens (including phenoxy) is 1. The Balaban J connectivity index is 2.04. The van der Waals surface area contributed by atoms with Crippen LogP contribution in [0.4, 0.5) is 0 Å². The normalized spacial score (nSPS) is 20.2. The molecule has 4 nitrogen and oxygen atoms in total. The lowest BCUT2D eigenvalue weighted by Gasteiger charge is -2.07. The third-order valence-corrected chi connectivity index (χ3v) is 3.03. The standard InChI is InChI=1S/C12H18N2O2/c1-3-14-11(6-9(2)13-14)7-12(15)10-4-5-16-8-10/h6,10H,3-5,7-8H2,1-2H3. The largest absolute Gasteiger partial charge is 0.381 e. The first kappa shape index (κ1) is 11.3. The quantitative estimate of drug-likeness (QED) is 0.772. The van der Waals surface area contributed by atoms with Crippen LogP contribution in [0, 0.1) is 12.8 Å². The van der Waals surface area contributed by atoms with Crippen molar-refractivity contribution in [3.8, 4) is 0 Å². The number of ketones is 1. The van der Waals surface area contributed by atoms with Gasteiger partial charge in [0.15, 0.2) is 0 Å². The Bertz CT molecular complexity index is 378.